The van der Waals surface area contributed by atoms with Crippen LogP contribution in [0.1, 0.15) is 25.7 Å². The van der Waals surface area contributed by atoms with Crippen molar-refractivity contribution in [3.63, 3.8) is 0 Å². The van der Waals surface area contributed by atoms with E-state index in [1.807, 2.05) is 0 Å². The van der Waals surface area contributed by atoms with Gasteiger partial charge in [-0.05, 0) is 18.9 Å². The second kappa shape index (κ2) is 10.5. The molecule has 2 aliphatic rings. The smallest absolute Gasteiger partial charge is 0.333 e. The standard InChI is InChI=1S/C14H10O16.C6H10O2/c15-4(16)2-1-12(6(19)20,7(21)22)14(10(27)28,11(29)30)3(5(17)18)13(2,8(23)24)9(25)26;7-6(8)5-3-1-2-4-5/h1,3H,(H,15,16)(H,17,18)(H,19,20)(H,21,22)(H,23,24)(H,25,26)(H,27,28)(H,29,30);5H,1-4H2,(H,7,8). The Balaban J connectivity index is 0.000000763. The summed E-state index contributed by atoms with van der Waals surface area (Å²) in [5.41, 5.74) is -15.8. The Morgan fingerprint density at radius 3 is 1.18 bits per heavy atom. The molecule has 38 heavy (non-hydrogen) atoms. The van der Waals surface area contributed by atoms with E-state index in [1.165, 1.54) is 0 Å². The molecule has 0 bridgehead atoms. The molecule has 1 fully saturated rings. The van der Waals surface area contributed by atoms with Crippen LogP contribution in [0.4, 0.5) is 0 Å². The van der Waals surface area contributed by atoms with Gasteiger partial charge in [0.15, 0.2) is 0 Å². The molecule has 1 atom stereocenters. The SMILES string of the molecule is O=C(O)C1=CC(C(=O)O)(C(=O)O)C(C(=O)O)(C(=O)O)C(C(=O)O)C1(C(=O)O)C(=O)O.O=C(O)C1CCCC1. The van der Waals surface area contributed by atoms with Crippen molar-refractivity contribution in [3.8, 4) is 0 Å². The van der Waals surface area contributed by atoms with E-state index >= 15 is 0 Å². The Hall–Kier alpha value is -5.03. The first kappa shape index (κ1) is 31.0. The molecule has 0 aromatic heterocycles. The molecule has 0 spiro atoms. The molecular formula is C20H20O18. The summed E-state index contributed by atoms with van der Waals surface area (Å²) in [6, 6.07) is 0. The van der Waals surface area contributed by atoms with Crippen molar-refractivity contribution < 1.29 is 89.1 Å². The summed E-state index contributed by atoms with van der Waals surface area (Å²) in [6.07, 6.45) is 3.32. The molecule has 1 saturated carbocycles. The Bertz CT molecular complexity index is 1110. The third kappa shape index (κ3) is 4.14. The third-order valence-corrected chi connectivity index (χ3v) is 6.48. The molecule has 0 heterocycles. The van der Waals surface area contributed by atoms with Gasteiger partial charge in [0.2, 0.25) is 16.2 Å². The Labute approximate surface area is 209 Å². The predicted molar refractivity (Wildman–Crippen MR) is 110 cm³/mol. The lowest BCUT2D eigenvalue weighted by Gasteiger charge is -2.48. The van der Waals surface area contributed by atoms with Crippen LogP contribution in [0.3, 0.4) is 0 Å². The number of carboxylic acid groups (broad SMARTS) is 9. The normalized spacial score (nSPS) is 20.9. The highest BCUT2D eigenvalue weighted by Crippen LogP contribution is 2.61. The van der Waals surface area contributed by atoms with E-state index in [4.69, 9.17) is 5.11 Å². The number of hydrogen-bond donors (Lipinski definition) is 9. The van der Waals surface area contributed by atoms with Gasteiger partial charge in [-0.2, -0.15) is 0 Å². The number of hydrogen-bond acceptors (Lipinski definition) is 9. The second-order valence-electron chi connectivity index (χ2n) is 8.21. The summed E-state index contributed by atoms with van der Waals surface area (Å²) in [6.45, 7) is 0. The molecular weight excluding hydrogens is 528 g/mol. The Kier molecular flexibility index (Phi) is 8.59. The lowest BCUT2D eigenvalue weighted by Crippen LogP contribution is -2.73. The third-order valence-electron chi connectivity index (χ3n) is 6.48. The summed E-state index contributed by atoms with van der Waals surface area (Å²) in [5.74, 6) is -27.9. The highest BCUT2D eigenvalue weighted by molar-refractivity contribution is 6.23. The first-order valence-electron chi connectivity index (χ1n) is 10.1. The highest BCUT2D eigenvalue weighted by atomic mass is 16.4. The number of carboxylic acids is 9. The Morgan fingerprint density at radius 2 is 0.974 bits per heavy atom. The van der Waals surface area contributed by atoms with Crippen LogP contribution in [0.5, 0.6) is 0 Å². The minimum absolute atomic E-state index is 0.0185. The van der Waals surface area contributed by atoms with Crippen molar-refractivity contribution in [1.29, 1.82) is 0 Å². The average Bonchev–Trinajstić information content (AvgIpc) is 3.31. The van der Waals surface area contributed by atoms with Gasteiger partial charge in [0.05, 0.1) is 11.5 Å². The maximum atomic E-state index is 11.9. The molecule has 0 saturated heterocycles. The van der Waals surface area contributed by atoms with Gasteiger partial charge in [0.25, 0.3) is 0 Å². The summed E-state index contributed by atoms with van der Waals surface area (Å²) in [4.78, 5) is 105. The number of carbonyl (C=O) groups is 9. The molecule has 0 aromatic rings. The average molecular weight is 548 g/mol. The van der Waals surface area contributed by atoms with Gasteiger partial charge in [-0.25, -0.2) is 4.79 Å². The molecule has 9 N–H and O–H groups in total. The number of rotatable bonds is 9. The summed E-state index contributed by atoms with van der Waals surface area (Å²) in [5, 5.41) is 83.7. The zero-order valence-corrected chi connectivity index (χ0v) is 18.8. The summed E-state index contributed by atoms with van der Waals surface area (Å²) >= 11 is 0. The molecule has 18 nitrogen and oxygen atoms in total. The van der Waals surface area contributed by atoms with E-state index in [0.29, 0.717) is 0 Å². The lowest BCUT2D eigenvalue weighted by molar-refractivity contribution is -0.211. The van der Waals surface area contributed by atoms with Gasteiger partial charge in [-0.3, -0.25) is 38.4 Å². The van der Waals surface area contributed by atoms with E-state index < -0.39 is 87.5 Å². The molecule has 0 radical (unpaired) electrons. The largest absolute Gasteiger partial charge is 0.481 e. The van der Waals surface area contributed by atoms with E-state index in [1.54, 1.807) is 0 Å². The molecule has 0 amide bonds. The predicted octanol–water partition coefficient (Wildman–Crippen LogP) is -1.56. The molecule has 0 aliphatic heterocycles. The van der Waals surface area contributed by atoms with Crippen LogP contribution in [0, 0.1) is 28.1 Å². The van der Waals surface area contributed by atoms with Crippen LogP contribution in [-0.2, 0) is 43.2 Å². The van der Waals surface area contributed by atoms with E-state index in [-0.39, 0.29) is 5.92 Å². The van der Waals surface area contributed by atoms with Gasteiger partial charge in [0.1, 0.15) is 5.92 Å². The second-order valence-corrected chi connectivity index (χ2v) is 8.21. The van der Waals surface area contributed by atoms with Crippen molar-refractivity contribution in [2.45, 2.75) is 25.7 Å². The molecule has 208 valence electrons. The quantitative estimate of drug-likeness (QED) is 0.147. The summed E-state index contributed by atoms with van der Waals surface area (Å²) < 4.78 is 0. The van der Waals surface area contributed by atoms with Gasteiger partial charge in [0, 0.05) is 0 Å². The van der Waals surface area contributed by atoms with Crippen LogP contribution in [0.2, 0.25) is 0 Å². The van der Waals surface area contributed by atoms with Crippen LogP contribution in [-0.4, -0.2) is 99.7 Å². The van der Waals surface area contributed by atoms with Crippen LogP contribution in [0.25, 0.3) is 0 Å². The van der Waals surface area contributed by atoms with Crippen molar-refractivity contribution in [1.82, 2.24) is 0 Å². The van der Waals surface area contributed by atoms with Crippen molar-refractivity contribution in [2.24, 2.45) is 28.1 Å². The van der Waals surface area contributed by atoms with Crippen LogP contribution >= 0.6 is 0 Å². The van der Waals surface area contributed by atoms with Crippen molar-refractivity contribution >= 4 is 53.7 Å². The van der Waals surface area contributed by atoms with Crippen LogP contribution in [0.15, 0.2) is 11.6 Å². The molecule has 2 rings (SSSR count). The fourth-order valence-corrected chi connectivity index (χ4v) is 4.72. The Morgan fingerprint density at radius 1 is 0.579 bits per heavy atom. The van der Waals surface area contributed by atoms with E-state index in [9.17, 15) is 84.0 Å². The van der Waals surface area contributed by atoms with Crippen molar-refractivity contribution in [2.75, 3.05) is 0 Å². The van der Waals surface area contributed by atoms with Gasteiger partial charge in [-0.1, -0.05) is 12.8 Å². The van der Waals surface area contributed by atoms with Crippen LogP contribution < -0.4 is 0 Å². The fourth-order valence-electron chi connectivity index (χ4n) is 4.72. The highest BCUT2D eigenvalue weighted by Gasteiger charge is 2.85. The van der Waals surface area contributed by atoms with E-state index in [2.05, 4.69) is 0 Å². The van der Waals surface area contributed by atoms with Gasteiger partial charge in [-0.15, -0.1) is 0 Å². The monoisotopic (exact) mass is 548 g/mol. The zero-order chi connectivity index (χ0) is 30.0. The summed E-state index contributed by atoms with van der Waals surface area (Å²) in [7, 11) is 0. The zero-order valence-electron chi connectivity index (χ0n) is 18.8. The molecule has 1 unspecified atom stereocenters. The topological polar surface area (TPSA) is 336 Å². The first-order valence-corrected chi connectivity index (χ1v) is 10.1. The first-order chi connectivity index (χ1) is 17.3. The minimum atomic E-state index is -4.73. The van der Waals surface area contributed by atoms with E-state index in [0.717, 1.165) is 25.7 Å². The minimum Gasteiger partial charge on any atom is -0.481 e. The fraction of sp³-hybridized carbons (Fsp3) is 0.450. The molecule has 0 aromatic carbocycles. The van der Waals surface area contributed by atoms with Gasteiger partial charge < -0.3 is 46.0 Å². The van der Waals surface area contributed by atoms with Gasteiger partial charge >= 0.3 is 53.7 Å². The maximum absolute atomic E-state index is 11.9. The van der Waals surface area contributed by atoms with Crippen molar-refractivity contribution in [3.05, 3.63) is 11.6 Å². The maximum Gasteiger partial charge on any atom is 0.333 e. The number of aliphatic carboxylic acids is 9. The lowest BCUT2D eigenvalue weighted by atomic mass is 9.45. The molecule has 2 aliphatic carbocycles. The molecule has 18 heteroatoms.